The number of aliphatic imine (C=N–C) groups is 1. The summed E-state index contributed by atoms with van der Waals surface area (Å²) in [6.07, 6.45) is 5.88. The first-order valence-corrected chi connectivity index (χ1v) is 14.6. The third kappa shape index (κ3) is 3.28. The van der Waals surface area contributed by atoms with Crippen LogP contribution in [0.25, 0.3) is 33.0 Å². The summed E-state index contributed by atoms with van der Waals surface area (Å²) in [6, 6.07) is 33.8. The molecule has 0 unspecified atom stereocenters. The number of fused-ring (bicyclic) bond motifs is 7. The van der Waals surface area contributed by atoms with Crippen LogP contribution in [0.4, 0.5) is 17.1 Å². The number of anilines is 3. The predicted octanol–water partition coefficient (Wildman–Crippen LogP) is 10.3. The molecule has 0 bridgehead atoms. The van der Waals surface area contributed by atoms with E-state index in [1.54, 1.807) is 11.8 Å². The van der Waals surface area contributed by atoms with Gasteiger partial charge in [0.1, 0.15) is 0 Å². The molecule has 0 aromatic heterocycles. The lowest BCUT2D eigenvalue weighted by Crippen LogP contribution is -2.23. The van der Waals surface area contributed by atoms with E-state index >= 15 is 0 Å². The molecule has 2 nitrogen and oxygen atoms in total. The number of hydrogen-bond acceptors (Lipinski definition) is 3. The van der Waals surface area contributed by atoms with Crippen LogP contribution in [0, 0.1) is 0 Å². The van der Waals surface area contributed by atoms with Crippen LogP contribution in [0.5, 0.6) is 0 Å². The van der Waals surface area contributed by atoms with Crippen LogP contribution in [0.2, 0.25) is 0 Å². The zero-order valence-electron chi connectivity index (χ0n) is 22.6. The number of thioether (sulfide) groups is 1. The van der Waals surface area contributed by atoms with Crippen LogP contribution in [0.1, 0.15) is 30.5 Å². The molecule has 2 aliphatic heterocycles. The topological polar surface area (TPSA) is 15.6 Å². The molecule has 3 aliphatic rings. The van der Waals surface area contributed by atoms with E-state index in [1.165, 1.54) is 66.0 Å². The van der Waals surface area contributed by atoms with Crippen molar-refractivity contribution in [2.45, 2.75) is 30.7 Å². The molecule has 5 aromatic carbocycles. The van der Waals surface area contributed by atoms with Gasteiger partial charge >= 0.3 is 0 Å². The van der Waals surface area contributed by atoms with E-state index in [4.69, 9.17) is 4.99 Å². The van der Waals surface area contributed by atoms with Gasteiger partial charge in [-0.25, -0.2) is 0 Å². The van der Waals surface area contributed by atoms with Crippen LogP contribution in [-0.4, -0.2) is 6.21 Å². The maximum Gasteiger partial charge on any atom is 0.0651 e. The monoisotopic (exact) mass is 532 g/mol. The van der Waals surface area contributed by atoms with E-state index in [-0.39, 0.29) is 5.41 Å². The average Bonchev–Trinajstić information content (AvgIpc) is 3.25. The standard InChI is InChI=1S/C37H28N2S/c1-23-10-9-19-38-22-25-20-26(17-18-33(25)40-23)39-32-16-7-5-13-28(32)29-14-8-11-24-21-30-27-12-4-6-15-31(27)37(2,3)35(30)36(39)34(24)29/h4-21H,1,22H2,2-3H3/b10-9-,38-19?. The molecule has 0 radical (unpaired) electrons. The second-order valence-electron chi connectivity index (χ2n) is 11.3. The molecule has 40 heavy (non-hydrogen) atoms. The van der Waals surface area contributed by atoms with Gasteiger partial charge in [0.05, 0.1) is 17.9 Å². The second-order valence-corrected chi connectivity index (χ2v) is 12.5. The lowest BCUT2D eigenvalue weighted by molar-refractivity contribution is 0.661. The SMILES string of the molecule is C=C1/C=C\C=NCc2cc(N3c4ccccc4-c4cccc5cc6c(c3c45)C(C)(C)c3ccccc3-6)ccc2S1. The maximum absolute atomic E-state index is 4.70. The first-order valence-electron chi connectivity index (χ1n) is 13.8. The number of nitrogens with zero attached hydrogens (tertiary/aromatic N) is 2. The van der Waals surface area contributed by atoms with Crippen LogP contribution < -0.4 is 4.90 Å². The summed E-state index contributed by atoms with van der Waals surface area (Å²) < 4.78 is 0. The summed E-state index contributed by atoms with van der Waals surface area (Å²) in [4.78, 5) is 9.44. The Morgan fingerprint density at radius 1 is 0.825 bits per heavy atom. The highest BCUT2D eigenvalue weighted by molar-refractivity contribution is 8.03. The van der Waals surface area contributed by atoms with E-state index in [0.29, 0.717) is 6.54 Å². The summed E-state index contributed by atoms with van der Waals surface area (Å²) in [5.41, 5.74) is 12.8. The smallest absolute Gasteiger partial charge is 0.0651 e. The highest BCUT2D eigenvalue weighted by Crippen LogP contribution is 2.60. The number of para-hydroxylation sites is 1. The lowest BCUT2D eigenvalue weighted by Gasteiger charge is -2.38. The first-order chi connectivity index (χ1) is 19.5. The Morgan fingerprint density at radius 3 is 2.52 bits per heavy atom. The minimum atomic E-state index is -0.141. The average molecular weight is 533 g/mol. The van der Waals surface area contributed by atoms with Crippen LogP contribution in [0.15, 0.2) is 125 Å². The molecule has 0 saturated heterocycles. The molecule has 1 aliphatic carbocycles. The Bertz CT molecular complexity index is 1960. The van der Waals surface area contributed by atoms with E-state index in [1.807, 2.05) is 18.4 Å². The van der Waals surface area contributed by atoms with Crippen molar-refractivity contribution in [3.8, 4) is 22.3 Å². The number of hydrogen-bond donors (Lipinski definition) is 0. The molecule has 192 valence electrons. The Balaban J connectivity index is 1.46. The van der Waals surface area contributed by atoms with Gasteiger partial charge in [0, 0.05) is 38.1 Å². The Kier molecular flexibility index (Phi) is 5.05. The van der Waals surface area contributed by atoms with Crippen molar-refractivity contribution in [2.75, 3.05) is 4.90 Å². The third-order valence-corrected chi connectivity index (χ3v) is 9.61. The first kappa shape index (κ1) is 23.5. The van der Waals surface area contributed by atoms with E-state index in [2.05, 4.69) is 116 Å². The zero-order valence-corrected chi connectivity index (χ0v) is 23.4. The van der Waals surface area contributed by atoms with Crippen molar-refractivity contribution < 1.29 is 0 Å². The Morgan fingerprint density at radius 2 is 1.62 bits per heavy atom. The van der Waals surface area contributed by atoms with Crippen LogP contribution >= 0.6 is 11.8 Å². The van der Waals surface area contributed by atoms with Crippen molar-refractivity contribution in [1.29, 1.82) is 0 Å². The summed E-state index contributed by atoms with van der Waals surface area (Å²) in [7, 11) is 0. The minimum absolute atomic E-state index is 0.141. The number of rotatable bonds is 1. The van der Waals surface area contributed by atoms with Crippen molar-refractivity contribution in [2.24, 2.45) is 4.99 Å². The molecule has 0 atom stereocenters. The second kappa shape index (κ2) is 8.58. The lowest BCUT2D eigenvalue weighted by atomic mass is 9.78. The van der Waals surface area contributed by atoms with Gasteiger partial charge in [-0.3, -0.25) is 4.99 Å². The van der Waals surface area contributed by atoms with Crippen molar-refractivity contribution in [3.63, 3.8) is 0 Å². The van der Waals surface area contributed by atoms with Gasteiger partial charge in [-0.2, -0.15) is 0 Å². The van der Waals surface area contributed by atoms with Gasteiger partial charge in [0.25, 0.3) is 0 Å². The van der Waals surface area contributed by atoms with Crippen molar-refractivity contribution in [1.82, 2.24) is 0 Å². The van der Waals surface area contributed by atoms with Crippen LogP contribution in [0.3, 0.4) is 0 Å². The molecular weight excluding hydrogens is 504 g/mol. The molecule has 2 heterocycles. The normalized spacial score (nSPS) is 16.9. The predicted molar refractivity (Wildman–Crippen MR) is 172 cm³/mol. The summed E-state index contributed by atoms with van der Waals surface area (Å²) in [5.74, 6) is 0. The van der Waals surface area contributed by atoms with Gasteiger partial charge in [-0.1, -0.05) is 92.9 Å². The molecule has 0 fully saturated rings. The molecular formula is C37H28N2S. The van der Waals surface area contributed by atoms with Gasteiger partial charge in [0.15, 0.2) is 0 Å². The molecule has 5 aromatic rings. The van der Waals surface area contributed by atoms with Gasteiger partial charge in [-0.15, -0.1) is 0 Å². The number of allylic oxidation sites excluding steroid dienone is 2. The van der Waals surface area contributed by atoms with Crippen LogP contribution in [-0.2, 0) is 12.0 Å². The summed E-state index contributed by atoms with van der Waals surface area (Å²) >= 11 is 1.71. The van der Waals surface area contributed by atoms with Crippen molar-refractivity contribution in [3.05, 3.63) is 131 Å². The molecule has 0 amide bonds. The summed E-state index contributed by atoms with van der Waals surface area (Å²) in [6.45, 7) is 9.63. The molecule has 0 spiro atoms. The fraction of sp³-hybridized carbons (Fsp3) is 0.108. The number of benzene rings is 5. The van der Waals surface area contributed by atoms with Gasteiger partial charge in [0.2, 0.25) is 0 Å². The highest BCUT2D eigenvalue weighted by Gasteiger charge is 2.41. The fourth-order valence-electron chi connectivity index (χ4n) is 6.88. The molecule has 0 N–H and O–H groups in total. The highest BCUT2D eigenvalue weighted by atomic mass is 32.2. The van der Waals surface area contributed by atoms with Gasteiger partial charge in [-0.05, 0) is 81.3 Å². The largest absolute Gasteiger partial charge is 0.309 e. The summed E-state index contributed by atoms with van der Waals surface area (Å²) in [5, 5.41) is 2.61. The molecule has 3 heteroatoms. The van der Waals surface area contributed by atoms with Gasteiger partial charge < -0.3 is 4.90 Å². The van der Waals surface area contributed by atoms with E-state index < -0.39 is 0 Å². The van der Waals surface area contributed by atoms with E-state index in [0.717, 1.165) is 10.6 Å². The van der Waals surface area contributed by atoms with E-state index in [9.17, 15) is 0 Å². The Labute approximate surface area is 239 Å². The Hall–Kier alpha value is -4.34. The minimum Gasteiger partial charge on any atom is -0.309 e. The zero-order chi connectivity index (χ0) is 27.0. The quantitative estimate of drug-likeness (QED) is 0.209. The third-order valence-electron chi connectivity index (χ3n) is 8.59. The maximum atomic E-state index is 4.70. The van der Waals surface area contributed by atoms with Crippen molar-refractivity contribution >= 4 is 45.8 Å². The molecule has 8 rings (SSSR count). The molecule has 0 saturated carbocycles. The fourth-order valence-corrected chi connectivity index (χ4v) is 7.70.